The number of aromatic nitrogens is 3. The third kappa shape index (κ3) is 3.85. The van der Waals surface area contributed by atoms with Gasteiger partial charge < -0.3 is 15.1 Å². The first kappa shape index (κ1) is 15.5. The fourth-order valence-corrected chi connectivity index (χ4v) is 2.96. The molecule has 1 fully saturated rings. The topological polar surface area (TPSA) is 98.1 Å². The van der Waals surface area contributed by atoms with E-state index in [0.29, 0.717) is 23.3 Å². The van der Waals surface area contributed by atoms with Crippen molar-refractivity contribution in [2.45, 2.75) is 32.6 Å². The SMILES string of the molecule is Cc1nc(C(=O)N2CCC[C@H](Cc3cnc(N)cn3)CC2)co1. The molecular weight excluding hydrogens is 294 g/mol. The predicted octanol–water partition coefficient (Wildman–Crippen LogP) is 1.84. The highest BCUT2D eigenvalue weighted by Crippen LogP contribution is 2.22. The molecule has 0 unspecified atom stereocenters. The van der Waals surface area contributed by atoms with Gasteiger partial charge in [-0.15, -0.1) is 0 Å². The number of oxazole rings is 1. The molecule has 23 heavy (non-hydrogen) atoms. The van der Waals surface area contributed by atoms with Crippen molar-refractivity contribution in [2.75, 3.05) is 18.8 Å². The molecule has 0 bridgehead atoms. The first-order valence-corrected chi connectivity index (χ1v) is 7.89. The summed E-state index contributed by atoms with van der Waals surface area (Å²) in [7, 11) is 0. The molecule has 3 rings (SSSR count). The standard InChI is InChI=1S/C16H21N5O2/c1-11-20-14(10-23-11)16(22)21-5-2-3-12(4-6-21)7-13-8-19-15(17)9-18-13/h8-10,12H,2-7H2,1H3,(H2,17,19)/t12-/m0/s1. The highest BCUT2D eigenvalue weighted by Gasteiger charge is 2.23. The van der Waals surface area contributed by atoms with Crippen molar-refractivity contribution in [1.29, 1.82) is 0 Å². The minimum absolute atomic E-state index is 0.0465. The highest BCUT2D eigenvalue weighted by atomic mass is 16.3. The van der Waals surface area contributed by atoms with Crippen LogP contribution in [0.3, 0.4) is 0 Å². The first-order chi connectivity index (χ1) is 11.1. The Morgan fingerprint density at radius 1 is 1.35 bits per heavy atom. The molecule has 3 heterocycles. The third-order valence-corrected chi connectivity index (χ3v) is 4.20. The van der Waals surface area contributed by atoms with Crippen LogP contribution in [0.4, 0.5) is 5.82 Å². The molecule has 2 aromatic rings. The lowest BCUT2D eigenvalue weighted by Crippen LogP contribution is -2.32. The van der Waals surface area contributed by atoms with Gasteiger partial charge in [0.2, 0.25) is 0 Å². The molecule has 7 nitrogen and oxygen atoms in total. The normalized spacial score (nSPS) is 18.7. The van der Waals surface area contributed by atoms with Crippen molar-refractivity contribution in [3.05, 3.63) is 35.9 Å². The van der Waals surface area contributed by atoms with Gasteiger partial charge in [0, 0.05) is 20.0 Å². The number of carbonyl (C=O) groups excluding carboxylic acids is 1. The molecule has 1 aliphatic heterocycles. The van der Waals surface area contributed by atoms with E-state index >= 15 is 0 Å². The lowest BCUT2D eigenvalue weighted by Gasteiger charge is -2.19. The maximum atomic E-state index is 12.4. The number of amides is 1. The molecular formula is C16H21N5O2. The fraction of sp³-hybridized carbons (Fsp3) is 0.500. The summed E-state index contributed by atoms with van der Waals surface area (Å²) in [6, 6.07) is 0. The van der Waals surface area contributed by atoms with Gasteiger partial charge in [0.25, 0.3) is 5.91 Å². The minimum Gasteiger partial charge on any atom is -0.448 e. The Kier molecular flexibility index (Phi) is 4.55. The molecule has 0 spiro atoms. The lowest BCUT2D eigenvalue weighted by atomic mass is 9.95. The number of rotatable bonds is 3. The molecule has 0 radical (unpaired) electrons. The van der Waals surface area contributed by atoms with Crippen molar-refractivity contribution in [2.24, 2.45) is 5.92 Å². The molecule has 0 saturated carbocycles. The van der Waals surface area contributed by atoms with E-state index in [-0.39, 0.29) is 5.91 Å². The van der Waals surface area contributed by atoms with E-state index < -0.39 is 0 Å². The van der Waals surface area contributed by atoms with Crippen LogP contribution in [0.2, 0.25) is 0 Å². The molecule has 7 heteroatoms. The third-order valence-electron chi connectivity index (χ3n) is 4.20. The van der Waals surface area contributed by atoms with Crippen LogP contribution in [0.5, 0.6) is 0 Å². The maximum absolute atomic E-state index is 12.4. The monoisotopic (exact) mass is 315 g/mol. The van der Waals surface area contributed by atoms with Crippen LogP contribution in [0, 0.1) is 12.8 Å². The number of hydrogen-bond donors (Lipinski definition) is 1. The first-order valence-electron chi connectivity index (χ1n) is 7.89. The second-order valence-corrected chi connectivity index (χ2v) is 5.98. The summed E-state index contributed by atoms with van der Waals surface area (Å²) in [4.78, 5) is 26.8. The summed E-state index contributed by atoms with van der Waals surface area (Å²) in [5.74, 6) is 1.41. The van der Waals surface area contributed by atoms with E-state index in [2.05, 4.69) is 15.0 Å². The fourth-order valence-electron chi connectivity index (χ4n) is 2.96. The van der Waals surface area contributed by atoms with Crippen molar-refractivity contribution >= 4 is 11.7 Å². The summed E-state index contributed by atoms with van der Waals surface area (Å²) in [5.41, 5.74) is 6.91. The summed E-state index contributed by atoms with van der Waals surface area (Å²) < 4.78 is 5.13. The van der Waals surface area contributed by atoms with E-state index in [4.69, 9.17) is 10.2 Å². The van der Waals surface area contributed by atoms with E-state index in [0.717, 1.165) is 44.5 Å². The van der Waals surface area contributed by atoms with Gasteiger partial charge >= 0.3 is 0 Å². The van der Waals surface area contributed by atoms with Gasteiger partial charge in [0.05, 0.1) is 18.1 Å². The van der Waals surface area contributed by atoms with Crippen LogP contribution < -0.4 is 5.73 Å². The Morgan fingerprint density at radius 3 is 2.91 bits per heavy atom. The number of nitrogen functional groups attached to an aromatic ring is 1. The van der Waals surface area contributed by atoms with Gasteiger partial charge in [0.1, 0.15) is 12.1 Å². The van der Waals surface area contributed by atoms with Crippen molar-refractivity contribution < 1.29 is 9.21 Å². The van der Waals surface area contributed by atoms with Gasteiger partial charge in [-0.25, -0.2) is 9.97 Å². The van der Waals surface area contributed by atoms with Crippen LogP contribution >= 0.6 is 0 Å². The molecule has 1 aliphatic rings. The zero-order chi connectivity index (χ0) is 16.2. The molecule has 1 amide bonds. The van der Waals surface area contributed by atoms with Gasteiger partial charge in [-0.1, -0.05) is 0 Å². The Balaban J connectivity index is 1.58. The number of likely N-dealkylation sites (tertiary alicyclic amines) is 1. The summed E-state index contributed by atoms with van der Waals surface area (Å²) in [5, 5.41) is 0. The van der Waals surface area contributed by atoms with E-state index in [1.165, 1.54) is 6.26 Å². The average molecular weight is 315 g/mol. The summed E-state index contributed by atoms with van der Waals surface area (Å²) >= 11 is 0. The second kappa shape index (κ2) is 6.76. The summed E-state index contributed by atoms with van der Waals surface area (Å²) in [6.45, 7) is 3.23. The number of hydrogen-bond acceptors (Lipinski definition) is 6. The number of carbonyl (C=O) groups is 1. The lowest BCUT2D eigenvalue weighted by molar-refractivity contribution is 0.0754. The van der Waals surface area contributed by atoms with Gasteiger partial charge in [0.15, 0.2) is 11.6 Å². The van der Waals surface area contributed by atoms with Crippen LogP contribution in [0.15, 0.2) is 23.1 Å². The van der Waals surface area contributed by atoms with E-state index in [1.54, 1.807) is 19.3 Å². The zero-order valence-corrected chi connectivity index (χ0v) is 13.2. The van der Waals surface area contributed by atoms with Crippen LogP contribution in [0.1, 0.15) is 41.3 Å². The van der Waals surface area contributed by atoms with Crippen molar-refractivity contribution in [3.63, 3.8) is 0 Å². The highest BCUT2D eigenvalue weighted by molar-refractivity contribution is 5.92. The second-order valence-electron chi connectivity index (χ2n) is 5.98. The van der Waals surface area contributed by atoms with E-state index in [9.17, 15) is 4.79 Å². The Morgan fingerprint density at radius 2 is 2.22 bits per heavy atom. The maximum Gasteiger partial charge on any atom is 0.275 e. The van der Waals surface area contributed by atoms with Crippen LogP contribution in [-0.4, -0.2) is 38.8 Å². The molecule has 1 saturated heterocycles. The number of aryl methyl sites for hydroxylation is 1. The van der Waals surface area contributed by atoms with Gasteiger partial charge in [-0.05, 0) is 31.6 Å². The molecule has 2 N–H and O–H groups in total. The largest absolute Gasteiger partial charge is 0.448 e. The Bertz CT molecular complexity index is 667. The van der Waals surface area contributed by atoms with E-state index in [1.807, 2.05) is 4.90 Å². The number of anilines is 1. The molecule has 1 atom stereocenters. The number of nitrogens with two attached hydrogens (primary N) is 1. The molecule has 0 aliphatic carbocycles. The Hall–Kier alpha value is -2.44. The average Bonchev–Trinajstić information content (AvgIpc) is 2.84. The molecule has 2 aromatic heterocycles. The van der Waals surface area contributed by atoms with Crippen LogP contribution in [0.25, 0.3) is 0 Å². The number of nitrogens with zero attached hydrogens (tertiary/aromatic N) is 4. The Labute approximate surface area is 134 Å². The van der Waals surface area contributed by atoms with Crippen LogP contribution in [-0.2, 0) is 6.42 Å². The van der Waals surface area contributed by atoms with Gasteiger partial charge in [-0.3, -0.25) is 9.78 Å². The smallest absolute Gasteiger partial charge is 0.275 e. The van der Waals surface area contributed by atoms with Gasteiger partial charge in [-0.2, -0.15) is 0 Å². The zero-order valence-electron chi connectivity index (χ0n) is 13.2. The quantitative estimate of drug-likeness (QED) is 0.928. The summed E-state index contributed by atoms with van der Waals surface area (Å²) in [6.07, 6.45) is 8.65. The van der Waals surface area contributed by atoms with Crippen molar-refractivity contribution in [1.82, 2.24) is 19.9 Å². The molecule has 122 valence electrons. The molecule has 0 aromatic carbocycles. The minimum atomic E-state index is -0.0465. The predicted molar refractivity (Wildman–Crippen MR) is 84.6 cm³/mol. The van der Waals surface area contributed by atoms with Crippen molar-refractivity contribution in [3.8, 4) is 0 Å².